The van der Waals surface area contributed by atoms with Crippen molar-refractivity contribution in [1.82, 2.24) is 4.98 Å². The van der Waals surface area contributed by atoms with Crippen molar-refractivity contribution in [2.45, 2.75) is 13.8 Å². The van der Waals surface area contributed by atoms with Gasteiger partial charge in [0.1, 0.15) is 17.5 Å². The Bertz CT molecular complexity index is 676. The summed E-state index contributed by atoms with van der Waals surface area (Å²) in [7, 11) is 0. The van der Waals surface area contributed by atoms with Crippen molar-refractivity contribution in [2.75, 3.05) is 17.2 Å². The Morgan fingerprint density at radius 3 is 2.62 bits per heavy atom. The van der Waals surface area contributed by atoms with Crippen molar-refractivity contribution in [3.63, 3.8) is 0 Å². The molecule has 0 saturated carbocycles. The summed E-state index contributed by atoms with van der Waals surface area (Å²) in [4.78, 5) is 14.6. The van der Waals surface area contributed by atoms with Crippen molar-refractivity contribution in [2.24, 2.45) is 0 Å². The second kappa shape index (κ2) is 6.17. The number of nitrogens with one attached hydrogen (secondary N) is 2. The molecule has 1 aromatic carbocycles. The third-order valence-electron chi connectivity index (χ3n) is 2.77. The molecule has 7 heteroatoms. The smallest absolute Gasteiger partial charge is 0.276 e. The van der Waals surface area contributed by atoms with Crippen LogP contribution in [-0.2, 0) is 0 Å². The van der Waals surface area contributed by atoms with E-state index >= 15 is 0 Å². The molecule has 0 bridgehead atoms. The second-order valence-corrected chi connectivity index (χ2v) is 4.49. The molecule has 2 rings (SSSR count). The van der Waals surface area contributed by atoms with Crippen LogP contribution in [0.25, 0.3) is 0 Å². The van der Waals surface area contributed by atoms with Gasteiger partial charge in [0, 0.05) is 6.54 Å². The predicted octanol–water partition coefficient (Wildman–Crippen LogP) is 3.61. The first-order valence-corrected chi connectivity index (χ1v) is 6.43. The molecule has 0 aliphatic heterocycles. The fourth-order valence-electron chi connectivity index (χ4n) is 1.82. The second-order valence-electron chi connectivity index (χ2n) is 4.49. The summed E-state index contributed by atoms with van der Waals surface area (Å²) in [5.74, 6) is 0.137. The first-order valence-electron chi connectivity index (χ1n) is 6.43. The van der Waals surface area contributed by atoms with E-state index in [1.807, 2.05) is 6.92 Å². The van der Waals surface area contributed by atoms with Crippen molar-refractivity contribution in [3.05, 3.63) is 51.8 Å². The Kier molecular flexibility index (Phi) is 4.32. The lowest BCUT2D eigenvalue weighted by atomic mass is 10.2. The van der Waals surface area contributed by atoms with Crippen LogP contribution < -0.4 is 10.6 Å². The van der Waals surface area contributed by atoms with Gasteiger partial charge in [-0.15, -0.1) is 0 Å². The number of nitrogens with zero attached hydrogens (tertiary/aromatic N) is 2. The van der Waals surface area contributed by atoms with Crippen LogP contribution in [0.5, 0.6) is 0 Å². The molecule has 0 aliphatic rings. The van der Waals surface area contributed by atoms with E-state index in [-0.39, 0.29) is 17.2 Å². The fraction of sp³-hybridized carbons (Fsp3) is 0.214. The monoisotopic (exact) mass is 290 g/mol. The van der Waals surface area contributed by atoms with Crippen molar-refractivity contribution in [3.8, 4) is 0 Å². The van der Waals surface area contributed by atoms with Gasteiger partial charge in [0.2, 0.25) is 0 Å². The summed E-state index contributed by atoms with van der Waals surface area (Å²) in [5, 5.41) is 16.6. The number of pyridine rings is 1. The molecule has 0 saturated heterocycles. The summed E-state index contributed by atoms with van der Waals surface area (Å²) >= 11 is 0. The van der Waals surface area contributed by atoms with E-state index in [0.29, 0.717) is 12.4 Å². The summed E-state index contributed by atoms with van der Waals surface area (Å²) in [5.41, 5.74) is 0.894. The van der Waals surface area contributed by atoms with E-state index in [0.717, 1.165) is 5.56 Å². The van der Waals surface area contributed by atoms with Crippen molar-refractivity contribution >= 4 is 23.0 Å². The van der Waals surface area contributed by atoms with Crippen LogP contribution >= 0.6 is 0 Å². The Morgan fingerprint density at radius 2 is 2.00 bits per heavy atom. The molecule has 0 spiro atoms. The standard InChI is InChI=1S/C14H15FN4O2/c1-3-16-13-7-10(19(20)21)8-14(18-13)17-12-5-4-9(2)6-11(12)15/h4-8H,3H2,1-2H3,(H2,16,17,18). The Labute approximate surface area is 121 Å². The van der Waals surface area contributed by atoms with E-state index in [4.69, 9.17) is 0 Å². The third kappa shape index (κ3) is 3.65. The topological polar surface area (TPSA) is 80.1 Å². The van der Waals surface area contributed by atoms with Crippen LogP contribution in [0.15, 0.2) is 30.3 Å². The number of benzene rings is 1. The molecular formula is C14H15FN4O2. The number of hydrogen-bond acceptors (Lipinski definition) is 5. The largest absolute Gasteiger partial charge is 0.370 e. The number of halogens is 1. The third-order valence-corrected chi connectivity index (χ3v) is 2.77. The first-order chi connectivity index (χ1) is 9.99. The number of hydrogen-bond donors (Lipinski definition) is 2. The molecule has 0 unspecified atom stereocenters. The van der Waals surface area contributed by atoms with Gasteiger partial charge in [-0.25, -0.2) is 9.37 Å². The van der Waals surface area contributed by atoms with Crippen LogP contribution in [0.2, 0.25) is 0 Å². The minimum Gasteiger partial charge on any atom is -0.370 e. The minimum atomic E-state index is -0.515. The fourth-order valence-corrected chi connectivity index (χ4v) is 1.82. The van der Waals surface area contributed by atoms with Gasteiger partial charge in [0.25, 0.3) is 5.69 Å². The van der Waals surface area contributed by atoms with Gasteiger partial charge in [0.15, 0.2) is 0 Å². The minimum absolute atomic E-state index is 0.115. The van der Waals surface area contributed by atoms with E-state index in [9.17, 15) is 14.5 Å². The lowest BCUT2D eigenvalue weighted by Gasteiger charge is -2.09. The van der Waals surface area contributed by atoms with Crippen LogP contribution in [0, 0.1) is 22.9 Å². The molecule has 2 aromatic rings. The normalized spacial score (nSPS) is 10.2. The highest BCUT2D eigenvalue weighted by atomic mass is 19.1. The zero-order valence-electron chi connectivity index (χ0n) is 11.7. The number of aryl methyl sites for hydroxylation is 1. The number of anilines is 3. The number of aromatic nitrogens is 1. The highest BCUT2D eigenvalue weighted by Crippen LogP contribution is 2.25. The van der Waals surface area contributed by atoms with E-state index in [1.165, 1.54) is 18.2 Å². The molecule has 0 atom stereocenters. The molecule has 0 amide bonds. The van der Waals surface area contributed by atoms with Gasteiger partial charge in [-0.3, -0.25) is 10.1 Å². The maximum Gasteiger partial charge on any atom is 0.276 e. The van der Waals surface area contributed by atoms with Gasteiger partial charge < -0.3 is 10.6 Å². The van der Waals surface area contributed by atoms with Gasteiger partial charge >= 0.3 is 0 Å². The average molecular weight is 290 g/mol. The molecular weight excluding hydrogens is 275 g/mol. The maximum absolute atomic E-state index is 13.8. The Balaban J connectivity index is 2.36. The summed E-state index contributed by atoms with van der Waals surface area (Å²) in [6.07, 6.45) is 0. The first kappa shape index (κ1) is 14.7. The van der Waals surface area contributed by atoms with Crippen LogP contribution in [0.1, 0.15) is 12.5 Å². The maximum atomic E-state index is 13.8. The highest BCUT2D eigenvalue weighted by Gasteiger charge is 2.12. The lowest BCUT2D eigenvalue weighted by Crippen LogP contribution is -2.04. The number of nitro groups is 1. The Morgan fingerprint density at radius 1 is 1.29 bits per heavy atom. The molecule has 110 valence electrons. The molecule has 0 fully saturated rings. The summed E-state index contributed by atoms with van der Waals surface area (Å²) in [6, 6.07) is 7.29. The van der Waals surface area contributed by atoms with Gasteiger partial charge in [-0.2, -0.15) is 0 Å². The van der Waals surface area contributed by atoms with Gasteiger partial charge in [0.05, 0.1) is 22.7 Å². The average Bonchev–Trinajstić information content (AvgIpc) is 2.42. The zero-order chi connectivity index (χ0) is 15.4. The van der Waals surface area contributed by atoms with E-state index < -0.39 is 10.7 Å². The highest BCUT2D eigenvalue weighted by molar-refractivity contribution is 5.62. The molecule has 0 aliphatic carbocycles. The molecule has 2 N–H and O–H groups in total. The lowest BCUT2D eigenvalue weighted by molar-refractivity contribution is -0.384. The van der Waals surface area contributed by atoms with Crippen LogP contribution in [0.3, 0.4) is 0 Å². The van der Waals surface area contributed by atoms with Gasteiger partial charge in [-0.1, -0.05) is 6.07 Å². The number of rotatable bonds is 5. The molecule has 21 heavy (non-hydrogen) atoms. The van der Waals surface area contributed by atoms with Crippen LogP contribution in [0.4, 0.5) is 27.4 Å². The molecule has 1 aromatic heterocycles. The molecule has 0 radical (unpaired) electrons. The van der Waals surface area contributed by atoms with E-state index in [2.05, 4.69) is 15.6 Å². The Hall–Kier alpha value is -2.70. The van der Waals surface area contributed by atoms with Gasteiger partial charge in [-0.05, 0) is 31.5 Å². The molecule has 6 nitrogen and oxygen atoms in total. The van der Waals surface area contributed by atoms with Crippen LogP contribution in [-0.4, -0.2) is 16.5 Å². The SMILES string of the molecule is CCNc1cc([N+](=O)[O-])cc(Nc2ccc(C)cc2F)n1. The summed E-state index contributed by atoms with van der Waals surface area (Å²) in [6.45, 7) is 4.21. The quantitative estimate of drug-likeness (QED) is 0.649. The molecule has 1 heterocycles. The van der Waals surface area contributed by atoms with E-state index in [1.54, 1.807) is 19.1 Å². The predicted molar refractivity (Wildman–Crippen MR) is 79.5 cm³/mol. The zero-order valence-corrected chi connectivity index (χ0v) is 11.7. The van der Waals surface area contributed by atoms with Crippen molar-refractivity contribution in [1.29, 1.82) is 0 Å². The summed E-state index contributed by atoms with van der Waals surface area (Å²) < 4.78 is 13.8. The van der Waals surface area contributed by atoms with Crippen molar-refractivity contribution < 1.29 is 9.31 Å².